The number of hydrogen-bond donors (Lipinski definition) is 1. The van der Waals surface area contributed by atoms with Crippen molar-refractivity contribution in [1.29, 1.82) is 0 Å². The number of rotatable bonds is 6. The van der Waals surface area contributed by atoms with E-state index in [1.54, 1.807) is 0 Å². The molecule has 0 amide bonds. The Balaban J connectivity index is 1.93. The van der Waals surface area contributed by atoms with E-state index in [0.29, 0.717) is 0 Å². The van der Waals surface area contributed by atoms with Crippen molar-refractivity contribution in [2.45, 2.75) is 51.8 Å². The third-order valence-electron chi connectivity index (χ3n) is 3.34. The second kappa shape index (κ2) is 5.65. The predicted molar refractivity (Wildman–Crippen MR) is 67.8 cm³/mol. The fourth-order valence-electron chi connectivity index (χ4n) is 2.35. The quantitative estimate of drug-likeness (QED) is 0.769. The van der Waals surface area contributed by atoms with Crippen molar-refractivity contribution in [3.05, 3.63) is 18.2 Å². The summed E-state index contributed by atoms with van der Waals surface area (Å²) in [7, 11) is 0. The second-order valence-electron chi connectivity index (χ2n) is 5.09. The van der Waals surface area contributed by atoms with Crippen LogP contribution in [0.4, 0.5) is 0 Å². The van der Waals surface area contributed by atoms with Gasteiger partial charge in [0.1, 0.15) is 0 Å². The van der Waals surface area contributed by atoms with Gasteiger partial charge in [0, 0.05) is 19.3 Å². The van der Waals surface area contributed by atoms with Gasteiger partial charge in [-0.1, -0.05) is 6.92 Å². The van der Waals surface area contributed by atoms with Gasteiger partial charge in [0.05, 0.1) is 24.2 Å². The molecule has 4 nitrogen and oxygen atoms in total. The normalized spacial score (nSPS) is 24.4. The maximum Gasteiger partial charge on any atom is 0.0949 e. The highest BCUT2D eigenvalue weighted by atomic mass is 16.5. The van der Waals surface area contributed by atoms with Crippen LogP contribution in [0.1, 0.15) is 38.8 Å². The molecule has 1 unspecified atom stereocenters. The lowest BCUT2D eigenvalue weighted by molar-refractivity contribution is 0.00562. The van der Waals surface area contributed by atoms with Crippen molar-refractivity contribution in [2.24, 2.45) is 0 Å². The fourth-order valence-corrected chi connectivity index (χ4v) is 2.35. The van der Waals surface area contributed by atoms with E-state index in [0.717, 1.165) is 39.1 Å². The summed E-state index contributed by atoms with van der Waals surface area (Å²) in [5, 5.41) is 3.41. The highest BCUT2D eigenvalue weighted by molar-refractivity contribution is 5.00. The van der Waals surface area contributed by atoms with Crippen LogP contribution in [0.25, 0.3) is 0 Å². The van der Waals surface area contributed by atoms with Gasteiger partial charge in [-0.3, -0.25) is 0 Å². The molecule has 1 atom stereocenters. The zero-order valence-electron chi connectivity index (χ0n) is 10.9. The highest BCUT2D eigenvalue weighted by Gasteiger charge is 2.30. The van der Waals surface area contributed by atoms with Crippen LogP contribution in [0.15, 0.2) is 12.5 Å². The SMILES string of the molecule is CCCNCc1cncn1CC1(C)CCCO1. The lowest BCUT2D eigenvalue weighted by atomic mass is 10.0. The van der Waals surface area contributed by atoms with E-state index in [1.165, 1.54) is 12.1 Å². The van der Waals surface area contributed by atoms with Gasteiger partial charge in [0.25, 0.3) is 0 Å². The number of nitrogens with zero attached hydrogens (tertiary/aromatic N) is 2. The topological polar surface area (TPSA) is 39.1 Å². The Labute approximate surface area is 103 Å². The zero-order chi connectivity index (χ0) is 12.1. The van der Waals surface area contributed by atoms with E-state index >= 15 is 0 Å². The van der Waals surface area contributed by atoms with Gasteiger partial charge in [0.15, 0.2) is 0 Å². The first-order chi connectivity index (χ1) is 8.23. The molecular weight excluding hydrogens is 214 g/mol. The van der Waals surface area contributed by atoms with Crippen LogP contribution in [0, 0.1) is 0 Å². The van der Waals surface area contributed by atoms with E-state index in [1.807, 2.05) is 12.5 Å². The Morgan fingerprint density at radius 1 is 1.59 bits per heavy atom. The molecule has 1 aliphatic rings. The summed E-state index contributed by atoms with van der Waals surface area (Å²) in [4.78, 5) is 4.24. The second-order valence-corrected chi connectivity index (χ2v) is 5.09. The Bertz CT molecular complexity index is 342. The number of ether oxygens (including phenoxy) is 1. The molecule has 0 spiro atoms. The highest BCUT2D eigenvalue weighted by Crippen LogP contribution is 2.27. The standard InChI is InChI=1S/C13H23N3O/c1-3-6-14-8-12-9-15-11-16(12)10-13(2)5-4-7-17-13/h9,11,14H,3-8,10H2,1-2H3. The third kappa shape index (κ3) is 3.30. The maximum absolute atomic E-state index is 5.83. The molecule has 2 rings (SSSR count). The molecule has 0 saturated carbocycles. The number of nitrogens with one attached hydrogen (secondary N) is 1. The average Bonchev–Trinajstić information content (AvgIpc) is 2.90. The lowest BCUT2D eigenvalue weighted by Crippen LogP contribution is -2.30. The van der Waals surface area contributed by atoms with Crippen molar-refractivity contribution < 1.29 is 4.74 Å². The molecule has 1 fully saturated rings. The third-order valence-corrected chi connectivity index (χ3v) is 3.34. The average molecular weight is 237 g/mol. The van der Waals surface area contributed by atoms with Gasteiger partial charge in [-0.2, -0.15) is 0 Å². The van der Waals surface area contributed by atoms with Crippen molar-refractivity contribution in [2.75, 3.05) is 13.2 Å². The van der Waals surface area contributed by atoms with Crippen LogP contribution in [-0.2, 0) is 17.8 Å². The van der Waals surface area contributed by atoms with E-state index in [-0.39, 0.29) is 5.60 Å². The van der Waals surface area contributed by atoms with Gasteiger partial charge in [-0.25, -0.2) is 4.98 Å². The number of aromatic nitrogens is 2. The largest absolute Gasteiger partial charge is 0.373 e. The molecule has 2 heterocycles. The van der Waals surface area contributed by atoms with Crippen LogP contribution < -0.4 is 5.32 Å². The monoisotopic (exact) mass is 237 g/mol. The molecule has 0 aliphatic carbocycles. The van der Waals surface area contributed by atoms with Gasteiger partial charge in [-0.15, -0.1) is 0 Å². The first kappa shape index (κ1) is 12.6. The van der Waals surface area contributed by atoms with Gasteiger partial charge in [-0.05, 0) is 32.7 Å². The molecule has 4 heteroatoms. The molecule has 1 aromatic heterocycles. The summed E-state index contributed by atoms with van der Waals surface area (Å²) in [6.07, 6.45) is 7.34. The molecule has 0 bridgehead atoms. The molecule has 0 radical (unpaired) electrons. The fraction of sp³-hybridized carbons (Fsp3) is 0.769. The Kier molecular flexibility index (Phi) is 4.18. The first-order valence-corrected chi connectivity index (χ1v) is 6.57. The molecule has 17 heavy (non-hydrogen) atoms. The summed E-state index contributed by atoms with van der Waals surface area (Å²) >= 11 is 0. The first-order valence-electron chi connectivity index (χ1n) is 6.57. The number of imidazole rings is 1. The zero-order valence-corrected chi connectivity index (χ0v) is 10.9. The Morgan fingerprint density at radius 2 is 2.47 bits per heavy atom. The molecule has 96 valence electrons. The summed E-state index contributed by atoms with van der Waals surface area (Å²) in [6, 6.07) is 0. The minimum Gasteiger partial charge on any atom is -0.373 e. The van der Waals surface area contributed by atoms with E-state index in [2.05, 4.69) is 28.7 Å². The Morgan fingerprint density at radius 3 is 3.18 bits per heavy atom. The van der Waals surface area contributed by atoms with Gasteiger partial charge < -0.3 is 14.6 Å². The van der Waals surface area contributed by atoms with Gasteiger partial charge >= 0.3 is 0 Å². The van der Waals surface area contributed by atoms with E-state index in [4.69, 9.17) is 4.74 Å². The molecule has 1 saturated heterocycles. The van der Waals surface area contributed by atoms with Crippen LogP contribution in [0.3, 0.4) is 0 Å². The molecular formula is C13H23N3O. The van der Waals surface area contributed by atoms with Crippen LogP contribution in [-0.4, -0.2) is 28.3 Å². The van der Waals surface area contributed by atoms with Crippen molar-refractivity contribution in [3.63, 3.8) is 0 Å². The molecule has 1 aromatic rings. The predicted octanol–water partition coefficient (Wildman–Crippen LogP) is 1.95. The summed E-state index contributed by atoms with van der Waals surface area (Å²) in [5.74, 6) is 0. The van der Waals surface area contributed by atoms with E-state index in [9.17, 15) is 0 Å². The van der Waals surface area contributed by atoms with Crippen molar-refractivity contribution in [1.82, 2.24) is 14.9 Å². The van der Waals surface area contributed by atoms with Crippen LogP contribution in [0.2, 0.25) is 0 Å². The van der Waals surface area contributed by atoms with E-state index < -0.39 is 0 Å². The van der Waals surface area contributed by atoms with Crippen LogP contribution in [0.5, 0.6) is 0 Å². The summed E-state index contributed by atoms with van der Waals surface area (Å²) < 4.78 is 8.04. The van der Waals surface area contributed by atoms with Crippen molar-refractivity contribution >= 4 is 0 Å². The summed E-state index contributed by atoms with van der Waals surface area (Å²) in [5.41, 5.74) is 1.25. The number of hydrogen-bond acceptors (Lipinski definition) is 3. The molecule has 0 aromatic carbocycles. The smallest absolute Gasteiger partial charge is 0.0949 e. The van der Waals surface area contributed by atoms with Gasteiger partial charge in [0.2, 0.25) is 0 Å². The Hall–Kier alpha value is -0.870. The minimum atomic E-state index is 0.000205. The van der Waals surface area contributed by atoms with Crippen LogP contribution >= 0.6 is 0 Å². The maximum atomic E-state index is 5.83. The lowest BCUT2D eigenvalue weighted by Gasteiger charge is -2.24. The molecule has 1 aliphatic heterocycles. The van der Waals surface area contributed by atoms with Crippen molar-refractivity contribution in [3.8, 4) is 0 Å². The minimum absolute atomic E-state index is 0.000205. The molecule has 1 N–H and O–H groups in total. The summed E-state index contributed by atoms with van der Waals surface area (Å²) in [6.45, 7) is 8.13.